The van der Waals surface area contributed by atoms with Crippen LogP contribution in [0.3, 0.4) is 0 Å². The molecule has 1 aromatic rings. The van der Waals surface area contributed by atoms with Gasteiger partial charge in [-0.25, -0.2) is 0 Å². The molecular formula is C14H24N2O3. The van der Waals surface area contributed by atoms with Gasteiger partial charge in [0.25, 0.3) is 0 Å². The van der Waals surface area contributed by atoms with Crippen LogP contribution in [-0.4, -0.2) is 34.4 Å². The Kier molecular flexibility index (Phi) is 6.29. The van der Waals surface area contributed by atoms with Crippen molar-refractivity contribution in [2.75, 3.05) is 39.7 Å². The van der Waals surface area contributed by atoms with Gasteiger partial charge in [-0.05, 0) is 18.9 Å². The topological polar surface area (TPSA) is 65.7 Å². The Morgan fingerprint density at radius 2 is 1.68 bits per heavy atom. The van der Waals surface area contributed by atoms with E-state index in [1.54, 1.807) is 21.3 Å². The van der Waals surface area contributed by atoms with E-state index in [1.165, 1.54) is 0 Å². The highest BCUT2D eigenvalue weighted by Gasteiger charge is 2.13. The maximum absolute atomic E-state index is 5.54. The van der Waals surface area contributed by atoms with Crippen molar-refractivity contribution in [3.05, 3.63) is 12.1 Å². The number of nitrogens with two attached hydrogens (primary N) is 1. The predicted molar refractivity (Wildman–Crippen MR) is 77.4 cm³/mol. The molecule has 0 heterocycles. The Morgan fingerprint density at radius 3 is 2.11 bits per heavy atom. The van der Waals surface area contributed by atoms with E-state index >= 15 is 0 Å². The highest BCUT2D eigenvalue weighted by molar-refractivity contribution is 5.62. The van der Waals surface area contributed by atoms with Gasteiger partial charge in [0.15, 0.2) is 11.5 Å². The Balaban J connectivity index is 2.84. The van der Waals surface area contributed by atoms with Crippen molar-refractivity contribution < 1.29 is 14.2 Å². The summed E-state index contributed by atoms with van der Waals surface area (Å²) in [5.74, 6) is 2.42. The van der Waals surface area contributed by atoms with Crippen molar-refractivity contribution in [1.82, 2.24) is 0 Å². The average Bonchev–Trinajstić information content (AvgIpc) is 2.44. The normalized spacial score (nSPS) is 11.8. The van der Waals surface area contributed by atoms with Crippen LogP contribution in [0.4, 0.5) is 5.69 Å². The second-order valence-corrected chi connectivity index (χ2v) is 4.48. The van der Waals surface area contributed by atoms with Gasteiger partial charge in [0.2, 0.25) is 5.75 Å². The molecule has 5 nitrogen and oxygen atoms in total. The minimum atomic E-state index is 0.518. The van der Waals surface area contributed by atoms with Crippen LogP contribution >= 0.6 is 0 Å². The van der Waals surface area contributed by atoms with Crippen molar-refractivity contribution in [2.24, 2.45) is 11.7 Å². The van der Waals surface area contributed by atoms with Crippen LogP contribution in [-0.2, 0) is 0 Å². The van der Waals surface area contributed by atoms with Gasteiger partial charge in [-0.1, -0.05) is 6.92 Å². The fourth-order valence-electron chi connectivity index (χ4n) is 1.86. The molecule has 0 radical (unpaired) electrons. The molecule has 0 saturated heterocycles. The molecule has 0 aliphatic carbocycles. The summed E-state index contributed by atoms with van der Waals surface area (Å²) in [6.45, 7) is 3.73. The summed E-state index contributed by atoms with van der Waals surface area (Å²) in [5.41, 5.74) is 6.49. The third-order valence-electron chi connectivity index (χ3n) is 2.98. The zero-order chi connectivity index (χ0) is 14.3. The van der Waals surface area contributed by atoms with Crippen LogP contribution in [0.1, 0.15) is 13.3 Å². The molecule has 19 heavy (non-hydrogen) atoms. The standard InChI is InChI=1S/C14H24N2O3/c1-10(5-6-15)9-16-11-7-12(17-2)14(19-4)13(8-11)18-3/h7-8,10,16H,5-6,9,15H2,1-4H3. The lowest BCUT2D eigenvalue weighted by molar-refractivity contribution is 0.324. The second kappa shape index (κ2) is 7.74. The summed E-state index contributed by atoms with van der Waals surface area (Å²) in [4.78, 5) is 0. The van der Waals surface area contributed by atoms with E-state index in [2.05, 4.69) is 12.2 Å². The molecule has 3 N–H and O–H groups in total. The minimum absolute atomic E-state index is 0.518. The molecule has 0 aliphatic rings. The Morgan fingerprint density at radius 1 is 1.11 bits per heavy atom. The smallest absolute Gasteiger partial charge is 0.203 e. The van der Waals surface area contributed by atoms with Crippen LogP contribution in [0.5, 0.6) is 17.2 Å². The number of hydrogen-bond acceptors (Lipinski definition) is 5. The molecule has 1 aromatic carbocycles. The summed E-state index contributed by atoms with van der Waals surface area (Å²) < 4.78 is 15.9. The molecule has 0 spiro atoms. The van der Waals surface area contributed by atoms with Gasteiger partial charge in [-0.3, -0.25) is 0 Å². The molecule has 0 saturated carbocycles. The Hall–Kier alpha value is -1.62. The highest BCUT2D eigenvalue weighted by atomic mass is 16.5. The molecular weight excluding hydrogens is 244 g/mol. The molecule has 0 aromatic heterocycles. The van der Waals surface area contributed by atoms with Gasteiger partial charge < -0.3 is 25.3 Å². The number of anilines is 1. The molecule has 0 fully saturated rings. The molecule has 108 valence electrons. The lowest BCUT2D eigenvalue weighted by Gasteiger charge is -2.17. The van der Waals surface area contributed by atoms with E-state index in [4.69, 9.17) is 19.9 Å². The number of ether oxygens (including phenoxy) is 3. The lowest BCUT2D eigenvalue weighted by atomic mass is 10.1. The van der Waals surface area contributed by atoms with E-state index in [-0.39, 0.29) is 0 Å². The Bertz CT molecular complexity index is 371. The molecule has 1 unspecified atom stereocenters. The molecule has 0 bridgehead atoms. The average molecular weight is 268 g/mol. The number of hydrogen-bond donors (Lipinski definition) is 2. The maximum atomic E-state index is 5.54. The van der Waals surface area contributed by atoms with Gasteiger partial charge in [-0.2, -0.15) is 0 Å². The number of rotatable bonds is 8. The van der Waals surface area contributed by atoms with E-state index in [1.807, 2.05) is 12.1 Å². The number of benzene rings is 1. The van der Waals surface area contributed by atoms with E-state index < -0.39 is 0 Å². The van der Waals surface area contributed by atoms with E-state index in [0.717, 1.165) is 18.7 Å². The van der Waals surface area contributed by atoms with Crippen LogP contribution in [0.15, 0.2) is 12.1 Å². The van der Waals surface area contributed by atoms with Crippen LogP contribution < -0.4 is 25.3 Å². The largest absolute Gasteiger partial charge is 0.493 e. The van der Waals surface area contributed by atoms with Crippen molar-refractivity contribution in [2.45, 2.75) is 13.3 Å². The van der Waals surface area contributed by atoms with Gasteiger partial charge in [0.1, 0.15) is 0 Å². The van der Waals surface area contributed by atoms with Crippen molar-refractivity contribution in [3.63, 3.8) is 0 Å². The molecule has 5 heteroatoms. The SMILES string of the molecule is COc1cc(NCC(C)CCN)cc(OC)c1OC. The first kappa shape index (κ1) is 15.4. The van der Waals surface area contributed by atoms with Gasteiger partial charge >= 0.3 is 0 Å². The third kappa shape index (κ3) is 4.21. The van der Waals surface area contributed by atoms with Crippen LogP contribution in [0.25, 0.3) is 0 Å². The summed E-state index contributed by atoms with van der Waals surface area (Å²) in [7, 11) is 4.81. The lowest BCUT2D eigenvalue weighted by Crippen LogP contribution is -2.15. The first-order valence-electron chi connectivity index (χ1n) is 6.40. The summed E-state index contributed by atoms with van der Waals surface area (Å²) >= 11 is 0. The predicted octanol–water partition coefficient (Wildman–Crippen LogP) is 2.11. The first-order valence-corrected chi connectivity index (χ1v) is 6.40. The van der Waals surface area contributed by atoms with E-state index in [9.17, 15) is 0 Å². The molecule has 0 aliphatic heterocycles. The zero-order valence-electron chi connectivity index (χ0n) is 12.2. The van der Waals surface area contributed by atoms with Gasteiger partial charge in [0.05, 0.1) is 21.3 Å². The number of nitrogens with one attached hydrogen (secondary N) is 1. The third-order valence-corrected chi connectivity index (χ3v) is 2.98. The highest BCUT2D eigenvalue weighted by Crippen LogP contribution is 2.39. The fourth-order valence-corrected chi connectivity index (χ4v) is 1.86. The van der Waals surface area contributed by atoms with Crippen LogP contribution in [0.2, 0.25) is 0 Å². The Labute approximate surface area is 115 Å². The van der Waals surface area contributed by atoms with Crippen molar-refractivity contribution in [1.29, 1.82) is 0 Å². The van der Waals surface area contributed by atoms with E-state index in [0.29, 0.717) is 29.7 Å². The molecule has 1 atom stereocenters. The summed E-state index contributed by atoms with van der Waals surface area (Å²) in [6, 6.07) is 3.80. The quantitative estimate of drug-likeness (QED) is 0.756. The minimum Gasteiger partial charge on any atom is -0.493 e. The van der Waals surface area contributed by atoms with Crippen LogP contribution in [0, 0.1) is 5.92 Å². The maximum Gasteiger partial charge on any atom is 0.203 e. The van der Waals surface area contributed by atoms with Crippen molar-refractivity contribution >= 4 is 5.69 Å². The first-order chi connectivity index (χ1) is 9.15. The second-order valence-electron chi connectivity index (χ2n) is 4.48. The summed E-state index contributed by atoms with van der Waals surface area (Å²) in [6.07, 6.45) is 0.997. The van der Waals surface area contributed by atoms with Crippen molar-refractivity contribution in [3.8, 4) is 17.2 Å². The molecule has 1 rings (SSSR count). The monoisotopic (exact) mass is 268 g/mol. The molecule has 0 amide bonds. The van der Waals surface area contributed by atoms with Gasteiger partial charge in [0, 0.05) is 24.4 Å². The number of methoxy groups -OCH3 is 3. The van der Waals surface area contributed by atoms with Gasteiger partial charge in [-0.15, -0.1) is 0 Å². The zero-order valence-corrected chi connectivity index (χ0v) is 12.2. The fraction of sp³-hybridized carbons (Fsp3) is 0.571. The summed E-state index contributed by atoms with van der Waals surface area (Å²) in [5, 5.41) is 3.36.